The smallest absolute Gasteiger partial charge is 0.273 e. The molecule has 0 unspecified atom stereocenters. The number of hydrazine groups is 1. The van der Waals surface area contributed by atoms with E-state index in [-0.39, 0.29) is 11.3 Å². The van der Waals surface area contributed by atoms with Gasteiger partial charge < -0.3 is 0 Å². The summed E-state index contributed by atoms with van der Waals surface area (Å²) in [7, 11) is 0. The molecule has 1 aliphatic heterocycles. The molecular weight excluding hydrogens is 534 g/mol. The van der Waals surface area contributed by atoms with E-state index in [9.17, 15) is 29.3 Å². The van der Waals surface area contributed by atoms with Gasteiger partial charge in [0.15, 0.2) is 5.78 Å². The molecule has 0 aromatic heterocycles. The quantitative estimate of drug-likeness (QED) is 0.146. The van der Waals surface area contributed by atoms with Gasteiger partial charge in [0, 0.05) is 35.1 Å². The first-order valence-corrected chi connectivity index (χ1v) is 13.6. The van der Waals surface area contributed by atoms with Crippen LogP contribution in [-0.2, 0) is 9.59 Å². The summed E-state index contributed by atoms with van der Waals surface area (Å²) in [6.45, 7) is -0.600. The number of nitro groups is 1. The lowest BCUT2D eigenvalue weighted by atomic mass is 9.55. The molecule has 9 heteroatoms. The highest BCUT2D eigenvalue weighted by molar-refractivity contribution is 6.11. The molecule has 0 spiro atoms. The van der Waals surface area contributed by atoms with Crippen LogP contribution in [0.25, 0.3) is 0 Å². The van der Waals surface area contributed by atoms with Crippen molar-refractivity contribution < 1.29 is 24.1 Å². The Labute approximate surface area is 240 Å². The molecule has 2 atom stereocenters. The summed E-state index contributed by atoms with van der Waals surface area (Å²) in [6, 6.07) is 28.8. The van der Waals surface area contributed by atoms with Crippen molar-refractivity contribution in [3.63, 3.8) is 0 Å². The van der Waals surface area contributed by atoms with Crippen molar-refractivity contribution in [3.8, 4) is 0 Å². The number of hydrogen-bond acceptors (Lipinski definition) is 6. The predicted octanol–water partition coefficient (Wildman–Crippen LogP) is 4.73. The molecule has 1 heterocycles. The van der Waals surface area contributed by atoms with Crippen molar-refractivity contribution in [3.05, 3.63) is 147 Å². The molecule has 4 aliphatic rings. The number of rotatable bonds is 6. The minimum Gasteiger partial charge on any atom is -0.292 e. The zero-order valence-corrected chi connectivity index (χ0v) is 22.1. The monoisotopic (exact) mass is 557 g/mol. The molecule has 0 radical (unpaired) electrons. The minimum atomic E-state index is -0.856. The maximum atomic E-state index is 14.3. The molecule has 206 valence electrons. The fourth-order valence-electron chi connectivity index (χ4n) is 6.89. The summed E-state index contributed by atoms with van der Waals surface area (Å²) in [5, 5.41) is 13.1. The summed E-state index contributed by atoms with van der Waals surface area (Å²) in [5.74, 6) is -4.79. The van der Waals surface area contributed by atoms with Crippen molar-refractivity contribution in [2.24, 2.45) is 11.8 Å². The third-order valence-corrected chi connectivity index (χ3v) is 8.59. The van der Waals surface area contributed by atoms with Crippen LogP contribution in [0.4, 0.5) is 5.69 Å². The third-order valence-electron chi connectivity index (χ3n) is 8.59. The van der Waals surface area contributed by atoms with Gasteiger partial charge in [-0.2, -0.15) is 5.01 Å². The number of carbonyl (C=O) groups excluding carboxylic acids is 4. The van der Waals surface area contributed by atoms with Gasteiger partial charge in [0.2, 0.25) is 0 Å². The fourth-order valence-corrected chi connectivity index (χ4v) is 6.89. The van der Waals surface area contributed by atoms with Gasteiger partial charge >= 0.3 is 0 Å². The van der Waals surface area contributed by atoms with Crippen LogP contribution < -0.4 is 0 Å². The van der Waals surface area contributed by atoms with E-state index in [1.54, 1.807) is 30.3 Å². The zero-order chi connectivity index (χ0) is 29.1. The van der Waals surface area contributed by atoms with E-state index in [4.69, 9.17) is 0 Å². The van der Waals surface area contributed by atoms with Crippen LogP contribution in [0.5, 0.6) is 0 Å². The minimum absolute atomic E-state index is 0.116. The van der Waals surface area contributed by atoms with Crippen LogP contribution in [0.2, 0.25) is 0 Å². The fraction of sp³-hybridized carbons (Fsp3) is 0.152. The standard InChI is InChI=1S/C33H23N3O6/c37-26(19-9-2-1-3-10-19)18-34(31(38)20-11-8-12-21(17-20)36(41)42)35-32(39)29-27-22-13-4-5-14-23(22)28(30(29)33(35)40)25-16-7-6-15-24(25)27/h1-17,27-30H,18H2/t27?,28?,29-,30-/m0/s1. The number of nitro benzene ring substituents is 1. The van der Waals surface area contributed by atoms with Gasteiger partial charge in [0.05, 0.1) is 16.8 Å². The van der Waals surface area contributed by atoms with Gasteiger partial charge in [-0.15, -0.1) is 0 Å². The van der Waals surface area contributed by atoms with Gasteiger partial charge in [0.1, 0.15) is 6.54 Å². The maximum absolute atomic E-state index is 14.3. The first-order valence-electron chi connectivity index (χ1n) is 13.6. The molecule has 3 amide bonds. The molecule has 1 fully saturated rings. The molecule has 8 rings (SSSR count). The Bertz CT molecular complexity index is 1700. The van der Waals surface area contributed by atoms with Crippen LogP contribution in [0.1, 0.15) is 54.8 Å². The van der Waals surface area contributed by atoms with Crippen molar-refractivity contribution in [1.82, 2.24) is 10.0 Å². The number of benzene rings is 4. The lowest BCUT2D eigenvalue weighted by molar-refractivity contribution is -0.384. The van der Waals surface area contributed by atoms with Crippen molar-refractivity contribution >= 4 is 29.2 Å². The molecule has 1 saturated heterocycles. The largest absolute Gasteiger partial charge is 0.292 e. The number of ketones is 1. The Morgan fingerprint density at radius 3 is 1.67 bits per heavy atom. The van der Waals surface area contributed by atoms with Gasteiger partial charge in [0.25, 0.3) is 23.4 Å². The first kappa shape index (κ1) is 25.5. The van der Waals surface area contributed by atoms with Crippen LogP contribution in [-0.4, -0.2) is 45.0 Å². The lowest BCUT2D eigenvalue weighted by Crippen LogP contribution is -2.52. The Kier molecular flexibility index (Phi) is 5.83. The van der Waals surface area contributed by atoms with E-state index >= 15 is 0 Å². The van der Waals surface area contributed by atoms with Crippen molar-refractivity contribution in [1.29, 1.82) is 0 Å². The predicted molar refractivity (Wildman–Crippen MR) is 150 cm³/mol. The Balaban J connectivity index is 1.34. The van der Waals surface area contributed by atoms with Crippen LogP contribution in [0.3, 0.4) is 0 Å². The molecule has 3 aliphatic carbocycles. The number of non-ortho nitro benzene ring substituents is 1. The molecule has 4 aromatic rings. The number of carbonyl (C=O) groups is 4. The first-order chi connectivity index (χ1) is 20.4. The third kappa shape index (κ3) is 3.70. The average Bonchev–Trinajstić information content (AvgIpc) is 3.29. The second kappa shape index (κ2) is 9.59. The summed E-state index contributed by atoms with van der Waals surface area (Å²) in [5.41, 5.74) is 3.75. The van der Waals surface area contributed by atoms with Gasteiger partial charge in [-0.05, 0) is 28.3 Å². The number of nitrogens with zero attached hydrogens (tertiary/aromatic N) is 3. The number of amides is 3. The SMILES string of the molecule is O=C(CN(C(=O)c1cccc([N+](=O)[O-])c1)N1C(=O)[C@H]2C3c4ccccc4C(c4ccccc43)[C@@H]2C1=O)c1ccccc1. The maximum Gasteiger partial charge on any atom is 0.273 e. The van der Waals surface area contributed by atoms with E-state index in [1.807, 2.05) is 48.5 Å². The second-order valence-corrected chi connectivity index (χ2v) is 10.7. The molecule has 42 heavy (non-hydrogen) atoms. The van der Waals surface area contributed by atoms with E-state index in [1.165, 1.54) is 18.2 Å². The van der Waals surface area contributed by atoms with Crippen LogP contribution >= 0.6 is 0 Å². The van der Waals surface area contributed by atoms with Gasteiger partial charge in [-0.1, -0.05) is 84.9 Å². The van der Waals surface area contributed by atoms with Crippen molar-refractivity contribution in [2.45, 2.75) is 11.8 Å². The van der Waals surface area contributed by atoms with Crippen LogP contribution in [0, 0.1) is 22.0 Å². The molecule has 2 bridgehead atoms. The van der Waals surface area contributed by atoms with Gasteiger partial charge in [-0.25, -0.2) is 5.01 Å². The summed E-state index contributed by atoms with van der Waals surface area (Å²) < 4.78 is 0. The molecule has 4 aromatic carbocycles. The molecule has 0 N–H and O–H groups in total. The van der Waals surface area contributed by atoms with E-state index < -0.39 is 58.6 Å². The molecule has 9 nitrogen and oxygen atoms in total. The topological polar surface area (TPSA) is 118 Å². The highest BCUT2D eigenvalue weighted by Gasteiger charge is 2.63. The summed E-state index contributed by atoms with van der Waals surface area (Å²) >= 11 is 0. The number of Topliss-reactive ketones (excluding diaryl/α,β-unsaturated/α-hetero) is 1. The summed E-state index contributed by atoms with van der Waals surface area (Å²) in [6.07, 6.45) is 0. The zero-order valence-electron chi connectivity index (χ0n) is 22.1. The van der Waals surface area contributed by atoms with E-state index in [0.717, 1.165) is 38.3 Å². The number of imide groups is 1. The lowest BCUT2D eigenvalue weighted by Gasteiger charge is -2.45. The highest BCUT2D eigenvalue weighted by atomic mass is 16.6. The number of hydrogen-bond donors (Lipinski definition) is 0. The Hall–Kier alpha value is -5.44. The molecular formula is C33H23N3O6. The van der Waals surface area contributed by atoms with E-state index in [0.29, 0.717) is 5.56 Å². The Morgan fingerprint density at radius 1 is 0.690 bits per heavy atom. The van der Waals surface area contributed by atoms with Crippen LogP contribution in [0.15, 0.2) is 103 Å². The van der Waals surface area contributed by atoms with E-state index in [2.05, 4.69) is 0 Å². The summed E-state index contributed by atoms with van der Waals surface area (Å²) in [4.78, 5) is 66.8. The second-order valence-electron chi connectivity index (χ2n) is 10.7. The normalized spacial score (nSPS) is 21.4. The average molecular weight is 558 g/mol. The highest BCUT2D eigenvalue weighted by Crippen LogP contribution is 2.61. The van der Waals surface area contributed by atoms with Gasteiger partial charge in [-0.3, -0.25) is 29.3 Å². The Morgan fingerprint density at radius 2 is 1.17 bits per heavy atom. The molecule has 0 saturated carbocycles. The van der Waals surface area contributed by atoms with Crippen molar-refractivity contribution in [2.75, 3.05) is 6.54 Å².